The second kappa shape index (κ2) is 7.34. The summed E-state index contributed by atoms with van der Waals surface area (Å²) in [5, 5.41) is 3.81. The summed E-state index contributed by atoms with van der Waals surface area (Å²) in [6, 6.07) is 13.9. The molecule has 0 aliphatic rings. The Morgan fingerprint density at radius 2 is 1.86 bits per heavy atom. The predicted molar refractivity (Wildman–Crippen MR) is 86.3 cm³/mol. The minimum atomic E-state index is 0.262. The molecule has 2 aromatic rings. The number of methoxy groups -OCH3 is 1. The van der Waals surface area contributed by atoms with Crippen LogP contribution in [0.2, 0.25) is 5.02 Å². The molecule has 0 aliphatic heterocycles. The van der Waals surface area contributed by atoms with Gasteiger partial charge in [-0.25, -0.2) is 0 Å². The summed E-state index contributed by atoms with van der Waals surface area (Å²) in [5.74, 6) is 1.53. The zero-order chi connectivity index (χ0) is 15.2. The number of rotatable bonds is 6. The maximum absolute atomic E-state index is 6.27. The SMILES string of the molecule is CNC(C)c1ccc(OCc2ccc(OC)cc2)c(Cl)c1. The van der Waals surface area contributed by atoms with Gasteiger partial charge in [-0.2, -0.15) is 0 Å². The summed E-state index contributed by atoms with van der Waals surface area (Å²) in [7, 11) is 3.58. The lowest BCUT2D eigenvalue weighted by molar-refractivity contribution is 0.306. The fraction of sp³-hybridized carbons (Fsp3) is 0.294. The van der Waals surface area contributed by atoms with E-state index in [4.69, 9.17) is 21.1 Å². The smallest absolute Gasteiger partial charge is 0.138 e. The van der Waals surface area contributed by atoms with Crippen LogP contribution in [-0.2, 0) is 6.61 Å². The summed E-state index contributed by atoms with van der Waals surface area (Å²) in [6.07, 6.45) is 0. The van der Waals surface area contributed by atoms with Gasteiger partial charge in [0, 0.05) is 6.04 Å². The van der Waals surface area contributed by atoms with Crippen LogP contribution >= 0.6 is 11.6 Å². The first-order valence-electron chi connectivity index (χ1n) is 6.86. The molecule has 2 aromatic carbocycles. The van der Waals surface area contributed by atoms with Crippen LogP contribution in [0.15, 0.2) is 42.5 Å². The largest absolute Gasteiger partial charge is 0.497 e. The number of ether oxygens (including phenoxy) is 2. The molecule has 21 heavy (non-hydrogen) atoms. The summed E-state index contributed by atoms with van der Waals surface area (Å²) < 4.78 is 10.9. The Bertz CT molecular complexity index is 584. The van der Waals surface area contributed by atoms with Crippen molar-refractivity contribution in [1.82, 2.24) is 5.32 Å². The maximum atomic E-state index is 6.27. The molecule has 1 atom stereocenters. The molecule has 0 saturated carbocycles. The molecule has 112 valence electrons. The van der Waals surface area contributed by atoms with Crippen molar-refractivity contribution in [3.05, 3.63) is 58.6 Å². The molecule has 0 amide bonds. The van der Waals surface area contributed by atoms with Crippen LogP contribution in [0.5, 0.6) is 11.5 Å². The molecular formula is C17H20ClNO2. The molecular weight excluding hydrogens is 286 g/mol. The Labute approximate surface area is 130 Å². The number of hydrogen-bond acceptors (Lipinski definition) is 3. The normalized spacial score (nSPS) is 12.0. The molecule has 0 spiro atoms. The lowest BCUT2D eigenvalue weighted by Crippen LogP contribution is -2.12. The van der Waals surface area contributed by atoms with Crippen LogP contribution in [0.4, 0.5) is 0 Å². The van der Waals surface area contributed by atoms with Crippen molar-refractivity contribution in [3.8, 4) is 11.5 Å². The highest BCUT2D eigenvalue weighted by molar-refractivity contribution is 6.32. The Morgan fingerprint density at radius 1 is 1.14 bits per heavy atom. The molecule has 0 aromatic heterocycles. The lowest BCUT2D eigenvalue weighted by atomic mass is 10.1. The Balaban J connectivity index is 2.02. The fourth-order valence-electron chi connectivity index (χ4n) is 1.95. The van der Waals surface area contributed by atoms with Gasteiger partial charge in [0.05, 0.1) is 12.1 Å². The van der Waals surface area contributed by atoms with Crippen molar-refractivity contribution < 1.29 is 9.47 Å². The first-order chi connectivity index (χ1) is 10.1. The second-order valence-electron chi connectivity index (χ2n) is 4.84. The average Bonchev–Trinajstić information content (AvgIpc) is 2.53. The standard InChI is InChI=1S/C17H20ClNO2/c1-12(19-2)14-6-9-17(16(18)10-14)21-11-13-4-7-15(20-3)8-5-13/h4-10,12,19H,11H2,1-3H3. The van der Waals surface area contributed by atoms with Gasteiger partial charge in [0.1, 0.15) is 18.1 Å². The molecule has 2 rings (SSSR count). The lowest BCUT2D eigenvalue weighted by Gasteiger charge is -2.13. The van der Waals surface area contributed by atoms with Crippen LogP contribution in [0.25, 0.3) is 0 Å². The predicted octanol–water partition coefficient (Wildman–Crippen LogP) is 4.21. The van der Waals surface area contributed by atoms with Gasteiger partial charge in [0.15, 0.2) is 0 Å². The van der Waals surface area contributed by atoms with E-state index < -0.39 is 0 Å². The van der Waals surface area contributed by atoms with Gasteiger partial charge >= 0.3 is 0 Å². The van der Waals surface area contributed by atoms with E-state index in [9.17, 15) is 0 Å². The summed E-state index contributed by atoms with van der Waals surface area (Å²) in [4.78, 5) is 0. The first-order valence-corrected chi connectivity index (χ1v) is 7.24. The summed E-state index contributed by atoms with van der Waals surface area (Å²) >= 11 is 6.27. The van der Waals surface area contributed by atoms with Gasteiger partial charge in [-0.3, -0.25) is 0 Å². The second-order valence-corrected chi connectivity index (χ2v) is 5.24. The van der Waals surface area contributed by atoms with Crippen molar-refractivity contribution in [1.29, 1.82) is 0 Å². The van der Waals surface area contributed by atoms with Gasteiger partial charge in [-0.1, -0.05) is 29.8 Å². The van der Waals surface area contributed by atoms with Crippen LogP contribution in [0.3, 0.4) is 0 Å². The van der Waals surface area contributed by atoms with Crippen molar-refractivity contribution >= 4 is 11.6 Å². The number of hydrogen-bond donors (Lipinski definition) is 1. The zero-order valence-electron chi connectivity index (χ0n) is 12.5. The highest BCUT2D eigenvalue weighted by atomic mass is 35.5. The average molecular weight is 306 g/mol. The van der Waals surface area contributed by atoms with Crippen molar-refractivity contribution in [3.63, 3.8) is 0 Å². The van der Waals surface area contributed by atoms with Gasteiger partial charge in [-0.15, -0.1) is 0 Å². The maximum Gasteiger partial charge on any atom is 0.138 e. The van der Waals surface area contributed by atoms with Gasteiger partial charge < -0.3 is 14.8 Å². The van der Waals surface area contributed by atoms with E-state index in [2.05, 4.69) is 12.2 Å². The highest BCUT2D eigenvalue weighted by Gasteiger charge is 2.07. The van der Waals surface area contributed by atoms with E-state index in [1.807, 2.05) is 49.5 Å². The van der Waals surface area contributed by atoms with Crippen LogP contribution < -0.4 is 14.8 Å². The minimum absolute atomic E-state index is 0.262. The minimum Gasteiger partial charge on any atom is -0.497 e. The topological polar surface area (TPSA) is 30.5 Å². The third-order valence-corrected chi connectivity index (χ3v) is 3.74. The van der Waals surface area contributed by atoms with Crippen LogP contribution in [-0.4, -0.2) is 14.2 Å². The van der Waals surface area contributed by atoms with E-state index in [1.54, 1.807) is 7.11 Å². The quantitative estimate of drug-likeness (QED) is 0.867. The Kier molecular flexibility index (Phi) is 5.48. The van der Waals surface area contributed by atoms with E-state index in [0.717, 1.165) is 16.9 Å². The van der Waals surface area contributed by atoms with E-state index >= 15 is 0 Å². The zero-order valence-corrected chi connectivity index (χ0v) is 13.3. The molecule has 1 N–H and O–H groups in total. The van der Waals surface area contributed by atoms with Crippen LogP contribution in [0.1, 0.15) is 24.1 Å². The van der Waals surface area contributed by atoms with Gasteiger partial charge in [0.25, 0.3) is 0 Å². The van der Waals surface area contributed by atoms with E-state index in [0.29, 0.717) is 17.4 Å². The van der Waals surface area contributed by atoms with Crippen molar-refractivity contribution in [2.75, 3.05) is 14.2 Å². The molecule has 0 radical (unpaired) electrons. The Hall–Kier alpha value is -1.71. The molecule has 0 saturated heterocycles. The fourth-order valence-corrected chi connectivity index (χ4v) is 2.20. The van der Waals surface area contributed by atoms with E-state index in [-0.39, 0.29) is 6.04 Å². The highest BCUT2D eigenvalue weighted by Crippen LogP contribution is 2.28. The van der Waals surface area contributed by atoms with Crippen molar-refractivity contribution in [2.24, 2.45) is 0 Å². The molecule has 1 unspecified atom stereocenters. The monoisotopic (exact) mass is 305 g/mol. The van der Waals surface area contributed by atoms with E-state index in [1.165, 1.54) is 0 Å². The third kappa shape index (κ3) is 4.13. The number of nitrogens with one attached hydrogen (secondary N) is 1. The molecule has 4 heteroatoms. The number of halogens is 1. The first kappa shape index (κ1) is 15.7. The molecule has 0 bridgehead atoms. The molecule has 0 aliphatic carbocycles. The summed E-state index contributed by atoms with van der Waals surface area (Å²) in [5.41, 5.74) is 2.21. The number of benzene rings is 2. The Morgan fingerprint density at radius 3 is 2.43 bits per heavy atom. The van der Waals surface area contributed by atoms with Gasteiger partial charge in [-0.05, 0) is 49.4 Å². The molecule has 3 nitrogen and oxygen atoms in total. The molecule has 0 heterocycles. The third-order valence-electron chi connectivity index (χ3n) is 3.44. The molecule has 0 fully saturated rings. The summed E-state index contributed by atoms with van der Waals surface area (Å²) in [6.45, 7) is 2.56. The van der Waals surface area contributed by atoms with Crippen LogP contribution in [0, 0.1) is 0 Å². The van der Waals surface area contributed by atoms with Crippen molar-refractivity contribution in [2.45, 2.75) is 19.6 Å². The van der Waals surface area contributed by atoms with Gasteiger partial charge in [0.2, 0.25) is 0 Å².